The van der Waals surface area contributed by atoms with Crippen molar-refractivity contribution in [2.75, 3.05) is 18.5 Å². The van der Waals surface area contributed by atoms with E-state index in [2.05, 4.69) is 10.0 Å². The van der Waals surface area contributed by atoms with Gasteiger partial charge < -0.3 is 11.1 Å². The molecular formula is C14H23N3O3S. The molecule has 118 valence electrons. The van der Waals surface area contributed by atoms with E-state index in [1.54, 1.807) is 39.0 Å². The first-order valence-electron chi connectivity index (χ1n) is 6.62. The van der Waals surface area contributed by atoms with Crippen LogP contribution < -0.4 is 15.8 Å². The Hall–Kier alpha value is -1.60. The van der Waals surface area contributed by atoms with Gasteiger partial charge in [0, 0.05) is 17.8 Å². The number of nitrogen functional groups attached to an aromatic ring is 1. The summed E-state index contributed by atoms with van der Waals surface area (Å²) in [5.74, 6) is -0.536. The van der Waals surface area contributed by atoms with Crippen molar-refractivity contribution < 1.29 is 13.2 Å². The highest BCUT2D eigenvalue weighted by molar-refractivity contribution is 7.88. The maximum Gasteiger partial charge on any atom is 0.227 e. The van der Waals surface area contributed by atoms with E-state index in [1.165, 1.54) is 0 Å². The number of hydrogen-bond donors (Lipinski definition) is 3. The third kappa shape index (κ3) is 6.14. The second kappa shape index (κ2) is 6.44. The average Bonchev–Trinajstić information content (AvgIpc) is 2.32. The Bertz CT molecular complexity index is 612. The topological polar surface area (TPSA) is 101 Å². The van der Waals surface area contributed by atoms with Crippen LogP contribution in [0.2, 0.25) is 0 Å². The Morgan fingerprint density at radius 3 is 2.52 bits per heavy atom. The van der Waals surface area contributed by atoms with Gasteiger partial charge in [0.25, 0.3) is 0 Å². The summed E-state index contributed by atoms with van der Waals surface area (Å²) in [4.78, 5) is 12.1. The molecule has 0 heterocycles. The summed E-state index contributed by atoms with van der Waals surface area (Å²) in [6, 6.07) is 7.14. The largest absolute Gasteiger partial charge is 0.399 e. The number of hydrogen-bond acceptors (Lipinski definition) is 4. The molecule has 0 aliphatic carbocycles. The monoisotopic (exact) mass is 313 g/mol. The summed E-state index contributed by atoms with van der Waals surface area (Å²) < 4.78 is 25.0. The van der Waals surface area contributed by atoms with Crippen LogP contribution in [0, 0.1) is 0 Å². The number of anilines is 1. The lowest BCUT2D eigenvalue weighted by atomic mass is 9.99. The Kier molecular flexibility index (Phi) is 5.36. The van der Waals surface area contributed by atoms with Crippen molar-refractivity contribution in [2.24, 2.45) is 0 Å². The molecule has 7 heteroatoms. The summed E-state index contributed by atoms with van der Waals surface area (Å²) in [5, 5.41) is 2.76. The summed E-state index contributed by atoms with van der Waals surface area (Å²) in [7, 11) is -3.33. The molecule has 4 N–H and O–H groups in total. The van der Waals surface area contributed by atoms with Crippen molar-refractivity contribution in [1.29, 1.82) is 0 Å². The molecule has 21 heavy (non-hydrogen) atoms. The van der Waals surface area contributed by atoms with E-state index in [4.69, 9.17) is 5.73 Å². The van der Waals surface area contributed by atoms with E-state index < -0.39 is 15.6 Å². The van der Waals surface area contributed by atoms with Gasteiger partial charge in [-0.1, -0.05) is 12.1 Å². The highest BCUT2D eigenvalue weighted by atomic mass is 32.2. The number of amides is 1. The molecule has 6 nitrogen and oxygen atoms in total. The van der Waals surface area contributed by atoms with E-state index in [-0.39, 0.29) is 18.4 Å². The van der Waals surface area contributed by atoms with E-state index in [1.807, 2.05) is 6.07 Å². The first-order valence-corrected chi connectivity index (χ1v) is 8.51. The molecule has 1 rings (SSSR count). The normalized spacial score (nSPS) is 13.7. The molecule has 0 aromatic heterocycles. The summed E-state index contributed by atoms with van der Waals surface area (Å²) in [6.45, 7) is 5.39. The maximum atomic E-state index is 12.1. The lowest BCUT2D eigenvalue weighted by Gasteiger charge is -2.26. The SMILES string of the molecule is CC(C(=O)NCC(C)(C)NS(C)(=O)=O)c1cccc(N)c1. The number of rotatable bonds is 6. The van der Waals surface area contributed by atoms with E-state index in [0.717, 1.165) is 11.8 Å². The van der Waals surface area contributed by atoms with E-state index >= 15 is 0 Å². The van der Waals surface area contributed by atoms with Crippen LogP contribution in [0.1, 0.15) is 32.3 Å². The number of nitrogens with two attached hydrogens (primary N) is 1. The van der Waals surface area contributed by atoms with E-state index in [0.29, 0.717) is 5.69 Å². The zero-order valence-corrected chi connectivity index (χ0v) is 13.6. The molecule has 0 saturated carbocycles. The van der Waals surface area contributed by atoms with Crippen LogP contribution in [0.15, 0.2) is 24.3 Å². The van der Waals surface area contributed by atoms with Gasteiger partial charge >= 0.3 is 0 Å². The molecule has 0 aliphatic heterocycles. The second-order valence-corrected chi connectivity index (χ2v) is 7.62. The van der Waals surface area contributed by atoms with Gasteiger partial charge in [0.15, 0.2) is 0 Å². The van der Waals surface area contributed by atoms with Gasteiger partial charge in [0.2, 0.25) is 15.9 Å². The number of carbonyl (C=O) groups excluding carboxylic acids is 1. The van der Waals surface area contributed by atoms with Crippen molar-refractivity contribution in [3.8, 4) is 0 Å². The average molecular weight is 313 g/mol. The van der Waals surface area contributed by atoms with Gasteiger partial charge in [-0.2, -0.15) is 0 Å². The van der Waals surface area contributed by atoms with E-state index in [9.17, 15) is 13.2 Å². The van der Waals surface area contributed by atoms with Crippen molar-refractivity contribution >= 4 is 21.6 Å². The number of benzene rings is 1. The molecule has 1 aromatic rings. The Labute approximate surface area is 126 Å². The first-order chi connectivity index (χ1) is 9.50. The van der Waals surface area contributed by atoms with Crippen molar-refractivity contribution in [3.63, 3.8) is 0 Å². The number of carbonyl (C=O) groups is 1. The summed E-state index contributed by atoms with van der Waals surface area (Å²) in [6.07, 6.45) is 1.09. The molecule has 1 unspecified atom stereocenters. The van der Waals surface area contributed by atoms with Gasteiger partial charge in [-0.3, -0.25) is 4.79 Å². The zero-order chi connectivity index (χ0) is 16.3. The highest BCUT2D eigenvalue weighted by Crippen LogP contribution is 2.18. The summed E-state index contributed by atoms with van der Waals surface area (Å²) in [5.41, 5.74) is 6.37. The third-order valence-electron chi connectivity index (χ3n) is 2.97. The molecule has 1 amide bonds. The van der Waals surface area contributed by atoms with Crippen molar-refractivity contribution in [3.05, 3.63) is 29.8 Å². The van der Waals surface area contributed by atoms with Gasteiger partial charge in [-0.25, -0.2) is 13.1 Å². The van der Waals surface area contributed by atoms with Gasteiger partial charge in [-0.05, 0) is 38.5 Å². The van der Waals surface area contributed by atoms with Crippen LogP contribution in [-0.2, 0) is 14.8 Å². The standard InChI is InChI=1S/C14H23N3O3S/c1-10(11-6-5-7-12(15)8-11)13(18)16-9-14(2,3)17-21(4,19)20/h5-8,10,17H,9,15H2,1-4H3,(H,16,18). The minimum Gasteiger partial charge on any atom is -0.399 e. The highest BCUT2D eigenvalue weighted by Gasteiger charge is 2.24. The smallest absolute Gasteiger partial charge is 0.227 e. The molecule has 0 bridgehead atoms. The van der Waals surface area contributed by atoms with Gasteiger partial charge in [0.1, 0.15) is 0 Å². The predicted molar refractivity (Wildman–Crippen MR) is 84.3 cm³/mol. The molecule has 0 radical (unpaired) electrons. The molecule has 0 spiro atoms. The van der Waals surface area contributed by atoms with Gasteiger partial charge in [0.05, 0.1) is 12.2 Å². The fourth-order valence-electron chi connectivity index (χ4n) is 1.98. The number of sulfonamides is 1. The molecular weight excluding hydrogens is 290 g/mol. The minimum absolute atomic E-state index is 0.177. The maximum absolute atomic E-state index is 12.1. The lowest BCUT2D eigenvalue weighted by Crippen LogP contribution is -2.51. The van der Waals surface area contributed by atoms with Crippen LogP contribution in [0.4, 0.5) is 5.69 Å². The molecule has 1 atom stereocenters. The predicted octanol–water partition coefficient (Wildman–Crippen LogP) is 0.816. The van der Waals surface area contributed by atoms with Crippen LogP contribution in [0.25, 0.3) is 0 Å². The first kappa shape index (κ1) is 17.5. The Balaban J connectivity index is 2.65. The Morgan fingerprint density at radius 1 is 1.38 bits per heavy atom. The van der Waals surface area contributed by atoms with Crippen LogP contribution in [0.3, 0.4) is 0 Å². The lowest BCUT2D eigenvalue weighted by molar-refractivity contribution is -0.122. The van der Waals surface area contributed by atoms with Crippen molar-refractivity contribution in [1.82, 2.24) is 10.0 Å². The Morgan fingerprint density at radius 2 is 2.00 bits per heavy atom. The fourth-order valence-corrected chi connectivity index (χ4v) is 3.05. The van der Waals surface area contributed by atoms with Crippen LogP contribution in [-0.4, -0.2) is 32.7 Å². The fraction of sp³-hybridized carbons (Fsp3) is 0.500. The van der Waals surface area contributed by atoms with Crippen LogP contribution in [0.5, 0.6) is 0 Å². The summed E-state index contributed by atoms with van der Waals surface area (Å²) >= 11 is 0. The van der Waals surface area contributed by atoms with Gasteiger partial charge in [-0.15, -0.1) is 0 Å². The van der Waals surface area contributed by atoms with Crippen molar-refractivity contribution in [2.45, 2.75) is 32.2 Å². The molecule has 0 aliphatic rings. The quantitative estimate of drug-likeness (QED) is 0.677. The number of nitrogens with one attached hydrogen (secondary N) is 2. The molecule has 0 fully saturated rings. The molecule has 0 saturated heterocycles. The van der Waals surface area contributed by atoms with Crippen LogP contribution >= 0.6 is 0 Å². The second-order valence-electron chi connectivity index (χ2n) is 5.87. The third-order valence-corrected chi connectivity index (χ3v) is 3.89. The zero-order valence-electron chi connectivity index (χ0n) is 12.8. The minimum atomic E-state index is -3.33. The molecule has 1 aromatic carbocycles.